The SMILES string of the molecule is Cc1ccc(C)c(C(C)(N)c2cccc(Cl)c2Cl)c1. The molecule has 1 nitrogen and oxygen atoms in total. The third-order valence-electron chi connectivity index (χ3n) is 3.46. The van der Waals surface area contributed by atoms with Crippen molar-refractivity contribution in [3.63, 3.8) is 0 Å². The van der Waals surface area contributed by atoms with E-state index in [1.807, 2.05) is 19.1 Å². The Morgan fingerprint density at radius 1 is 1.00 bits per heavy atom. The van der Waals surface area contributed by atoms with E-state index < -0.39 is 5.54 Å². The van der Waals surface area contributed by atoms with Crippen LogP contribution in [0.25, 0.3) is 0 Å². The predicted octanol–water partition coefficient (Wildman–Crippen LogP) is 4.83. The summed E-state index contributed by atoms with van der Waals surface area (Å²) in [7, 11) is 0. The highest BCUT2D eigenvalue weighted by Crippen LogP contribution is 2.37. The van der Waals surface area contributed by atoms with Crippen molar-refractivity contribution in [2.75, 3.05) is 0 Å². The lowest BCUT2D eigenvalue weighted by molar-refractivity contribution is 0.598. The van der Waals surface area contributed by atoms with Crippen LogP contribution in [0.4, 0.5) is 0 Å². The van der Waals surface area contributed by atoms with Gasteiger partial charge in [-0.2, -0.15) is 0 Å². The van der Waals surface area contributed by atoms with Crippen LogP contribution in [0.5, 0.6) is 0 Å². The van der Waals surface area contributed by atoms with Crippen molar-refractivity contribution in [1.82, 2.24) is 0 Å². The molecule has 0 bridgehead atoms. The van der Waals surface area contributed by atoms with Crippen molar-refractivity contribution in [3.8, 4) is 0 Å². The second kappa shape index (κ2) is 5.16. The largest absolute Gasteiger partial charge is 0.318 e. The molecule has 0 aliphatic rings. The number of rotatable bonds is 2. The minimum atomic E-state index is -0.669. The molecule has 19 heavy (non-hydrogen) atoms. The number of hydrogen-bond acceptors (Lipinski definition) is 1. The standard InChI is InChI=1S/C16H17Cl2N/c1-10-7-8-11(2)13(9-10)16(3,19)12-5-4-6-14(17)15(12)18/h4-9H,19H2,1-3H3. The fraction of sp³-hybridized carbons (Fsp3) is 0.250. The maximum absolute atomic E-state index is 6.56. The van der Waals surface area contributed by atoms with E-state index in [0.717, 1.165) is 16.7 Å². The molecule has 2 aromatic rings. The number of nitrogens with two attached hydrogens (primary N) is 1. The van der Waals surface area contributed by atoms with Gasteiger partial charge in [-0.15, -0.1) is 0 Å². The first kappa shape index (κ1) is 14.4. The normalized spacial score (nSPS) is 14.2. The van der Waals surface area contributed by atoms with Crippen molar-refractivity contribution in [1.29, 1.82) is 0 Å². The molecule has 0 amide bonds. The van der Waals surface area contributed by atoms with E-state index in [9.17, 15) is 0 Å². The Labute approximate surface area is 124 Å². The highest BCUT2D eigenvalue weighted by atomic mass is 35.5. The monoisotopic (exact) mass is 293 g/mol. The van der Waals surface area contributed by atoms with Crippen LogP contribution in [0.2, 0.25) is 10.0 Å². The van der Waals surface area contributed by atoms with Gasteiger partial charge in [0.2, 0.25) is 0 Å². The van der Waals surface area contributed by atoms with Crippen LogP contribution in [0, 0.1) is 13.8 Å². The van der Waals surface area contributed by atoms with Gasteiger partial charge in [0, 0.05) is 0 Å². The molecule has 0 aromatic heterocycles. The zero-order valence-electron chi connectivity index (χ0n) is 11.3. The zero-order chi connectivity index (χ0) is 14.2. The molecule has 2 rings (SSSR count). The van der Waals surface area contributed by atoms with Gasteiger partial charge in [-0.1, -0.05) is 59.1 Å². The van der Waals surface area contributed by atoms with Gasteiger partial charge < -0.3 is 5.73 Å². The molecule has 0 aliphatic carbocycles. The Hall–Kier alpha value is -1.02. The van der Waals surface area contributed by atoms with Gasteiger partial charge in [0.15, 0.2) is 0 Å². The summed E-state index contributed by atoms with van der Waals surface area (Å²) < 4.78 is 0. The molecule has 0 fully saturated rings. The van der Waals surface area contributed by atoms with E-state index in [2.05, 4.69) is 32.0 Å². The Kier molecular flexibility index (Phi) is 3.91. The third kappa shape index (κ3) is 2.64. The first-order chi connectivity index (χ1) is 8.84. The molecule has 0 saturated carbocycles. The number of halogens is 2. The van der Waals surface area contributed by atoms with E-state index >= 15 is 0 Å². The molecule has 2 aromatic carbocycles. The minimum absolute atomic E-state index is 0.523. The van der Waals surface area contributed by atoms with Gasteiger partial charge >= 0.3 is 0 Å². The fourth-order valence-electron chi connectivity index (χ4n) is 2.35. The van der Waals surface area contributed by atoms with Crippen LogP contribution in [-0.4, -0.2) is 0 Å². The summed E-state index contributed by atoms with van der Waals surface area (Å²) in [5.41, 5.74) is 10.1. The highest BCUT2D eigenvalue weighted by Gasteiger charge is 2.28. The van der Waals surface area contributed by atoms with Crippen LogP contribution in [0.1, 0.15) is 29.2 Å². The molecular formula is C16H17Cl2N. The summed E-state index contributed by atoms with van der Waals surface area (Å²) >= 11 is 12.4. The Morgan fingerprint density at radius 3 is 2.37 bits per heavy atom. The first-order valence-corrected chi connectivity index (χ1v) is 6.90. The van der Waals surface area contributed by atoms with E-state index in [0.29, 0.717) is 10.0 Å². The molecule has 0 aliphatic heterocycles. The summed E-state index contributed by atoms with van der Waals surface area (Å²) in [5.74, 6) is 0. The number of hydrogen-bond donors (Lipinski definition) is 1. The van der Waals surface area contributed by atoms with Crippen LogP contribution in [0.3, 0.4) is 0 Å². The third-order valence-corrected chi connectivity index (χ3v) is 4.28. The molecule has 0 saturated heterocycles. The Bertz CT molecular complexity index is 614. The highest BCUT2D eigenvalue weighted by molar-refractivity contribution is 6.42. The van der Waals surface area contributed by atoms with Gasteiger partial charge in [0.1, 0.15) is 0 Å². The van der Waals surface area contributed by atoms with Crippen LogP contribution >= 0.6 is 23.2 Å². The topological polar surface area (TPSA) is 26.0 Å². The van der Waals surface area contributed by atoms with Crippen molar-refractivity contribution in [2.45, 2.75) is 26.3 Å². The fourth-order valence-corrected chi connectivity index (χ4v) is 2.84. The van der Waals surface area contributed by atoms with Crippen LogP contribution in [-0.2, 0) is 5.54 Å². The van der Waals surface area contributed by atoms with Gasteiger partial charge in [0.05, 0.1) is 15.6 Å². The second-order valence-electron chi connectivity index (χ2n) is 5.12. The van der Waals surface area contributed by atoms with E-state index in [1.54, 1.807) is 6.07 Å². The van der Waals surface area contributed by atoms with Crippen molar-refractivity contribution < 1.29 is 0 Å². The first-order valence-electron chi connectivity index (χ1n) is 6.15. The molecule has 100 valence electrons. The Morgan fingerprint density at radius 2 is 1.68 bits per heavy atom. The molecule has 0 heterocycles. The molecule has 1 unspecified atom stereocenters. The van der Waals surface area contributed by atoms with Crippen molar-refractivity contribution >= 4 is 23.2 Å². The van der Waals surface area contributed by atoms with Gasteiger partial charge in [-0.05, 0) is 43.5 Å². The molecular weight excluding hydrogens is 277 g/mol. The van der Waals surface area contributed by atoms with Crippen LogP contribution in [0.15, 0.2) is 36.4 Å². The lowest BCUT2D eigenvalue weighted by Crippen LogP contribution is -2.35. The minimum Gasteiger partial charge on any atom is -0.318 e. The number of aryl methyl sites for hydroxylation is 2. The summed E-state index contributed by atoms with van der Waals surface area (Å²) in [4.78, 5) is 0. The maximum atomic E-state index is 6.56. The van der Waals surface area contributed by atoms with E-state index in [1.165, 1.54) is 5.56 Å². The van der Waals surface area contributed by atoms with Gasteiger partial charge in [-0.3, -0.25) is 0 Å². The second-order valence-corrected chi connectivity index (χ2v) is 5.91. The summed E-state index contributed by atoms with van der Waals surface area (Å²) in [6.07, 6.45) is 0. The Balaban J connectivity index is 2.65. The predicted molar refractivity (Wildman–Crippen MR) is 83.0 cm³/mol. The van der Waals surface area contributed by atoms with Gasteiger partial charge in [-0.25, -0.2) is 0 Å². The number of benzene rings is 2. The summed E-state index contributed by atoms with van der Waals surface area (Å²) in [5, 5.41) is 1.05. The molecule has 0 radical (unpaired) electrons. The van der Waals surface area contributed by atoms with Crippen molar-refractivity contribution in [2.24, 2.45) is 5.73 Å². The lowest BCUT2D eigenvalue weighted by Gasteiger charge is -2.29. The van der Waals surface area contributed by atoms with Gasteiger partial charge in [0.25, 0.3) is 0 Å². The van der Waals surface area contributed by atoms with E-state index in [4.69, 9.17) is 28.9 Å². The average Bonchev–Trinajstić information content (AvgIpc) is 2.35. The summed E-state index contributed by atoms with van der Waals surface area (Å²) in [6.45, 7) is 6.07. The maximum Gasteiger partial charge on any atom is 0.0654 e. The average molecular weight is 294 g/mol. The molecule has 0 spiro atoms. The van der Waals surface area contributed by atoms with Crippen molar-refractivity contribution in [3.05, 3.63) is 68.7 Å². The molecule has 2 N–H and O–H groups in total. The molecule has 3 heteroatoms. The van der Waals surface area contributed by atoms with E-state index in [-0.39, 0.29) is 0 Å². The summed E-state index contributed by atoms with van der Waals surface area (Å²) in [6, 6.07) is 11.8. The van der Waals surface area contributed by atoms with Crippen LogP contribution < -0.4 is 5.73 Å². The molecule has 1 atom stereocenters. The smallest absolute Gasteiger partial charge is 0.0654 e. The zero-order valence-corrected chi connectivity index (χ0v) is 12.8. The lowest BCUT2D eigenvalue weighted by atomic mass is 9.82. The quantitative estimate of drug-likeness (QED) is 0.843.